The Bertz CT molecular complexity index is 1020. The molecule has 1 aliphatic carbocycles. The lowest BCUT2D eigenvalue weighted by atomic mass is 9.99. The van der Waals surface area contributed by atoms with Gasteiger partial charge in [0.2, 0.25) is 0 Å². The molecule has 0 bridgehead atoms. The monoisotopic (exact) mass is 444 g/mol. The summed E-state index contributed by atoms with van der Waals surface area (Å²) in [5.41, 5.74) is 2.57. The molecule has 0 spiro atoms. The Hall–Kier alpha value is -2.60. The number of hydrogen-bond donors (Lipinski definition) is 0. The maximum atomic E-state index is 13.7. The number of nitrogens with zero attached hydrogens (tertiary/aromatic N) is 2. The molecule has 6 nitrogen and oxygen atoms in total. The third kappa shape index (κ3) is 4.26. The van der Waals surface area contributed by atoms with E-state index in [1.165, 1.54) is 0 Å². The summed E-state index contributed by atoms with van der Waals surface area (Å²) in [4.78, 5) is 41.2. The van der Waals surface area contributed by atoms with E-state index in [4.69, 9.17) is 16.3 Å². The number of ether oxygens (including phenoxy) is 1. The number of carbonyl (C=O) groups excluding carboxylic acids is 3. The van der Waals surface area contributed by atoms with Crippen molar-refractivity contribution in [1.29, 1.82) is 0 Å². The molecule has 2 aromatic rings. The van der Waals surface area contributed by atoms with Crippen molar-refractivity contribution in [3.8, 4) is 0 Å². The molecule has 1 aliphatic rings. The molecule has 0 N–H and O–H groups in total. The zero-order valence-corrected chi connectivity index (χ0v) is 19.5. The minimum absolute atomic E-state index is 0.0149. The van der Waals surface area contributed by atoms with Gasteiger partial charge in [0.25, 0.3) is 5.91 Å². The van der Waals surface area contributed by atoms with Gasteiger partial charge >= 0.3 is 5.97 Å². The van der Waals surface area contributed by atoms with E-state index in [0.29, 0.717) is 39.6 Å². The summed E-state index contributed by atoms with van der Waals surface area (Å²) in [6.07, 6.45) is 1.71. The molecule has 1 fully saturated rings. The van der Waals surface area contributed by atoms with Crippen molar-refractivity contribution >= 4 is 29.3 Å². The molecule has 1 atom stereocenters. The summed E-state index contributed by atoms with van der Waals surface area (Å²) in [6.45, 7) is 9.81. The Labute approximate surface area is 188 Å². The topological polar surface area (TPSA) is 68.6 Å². The van der Waals surface area contributed by atoms with E-state index >= 15 is 0 Å². The molecule has 0 aliphatic heterocycles. The molecule has 166 valence electrons. The maximum Gasteiger partial charge on any atom is 0.355 e. The number of halogens is 1. The number of amides is 1. The molecule has 3 rings (SSSR count). The first-order valence-corrected chi connectivity index (χ1v) is 11.1. The van der Waals surface area contributed by atoms with Crippen LogP contribution in [0.2, 0.25) is 5.02 Å². The number of carbonyl (C=O) groups is 3. The van der Waals surface area contributed by atoms with Crippen LogP contribution in [0.1, 0.15) is 76.1 Å². The number of aromatic nitrogens is 1. The highest BCUT2D eigenvalue weighted by Gasteiger charge is 2.41. The van der Waals surface area contributed by atoms with Gasteiger partial charge in [0, 0.05) is 23.8 Å². The number of hydrogen-bond acceptors (Lipinski definition) is 4. The van der Waals surface area contributed by atoms with Crippen LogP contribution in [-0.2, 0) is 11.3 Å². The van der Waals surface area contributed by atoms with Crippen molar-refractivity contribution in [2.75, 3.05) is 6.61 Å². The van der Waals surface area contributed by atoms with Gasteiger partial charge < -0.3 is 14.2 Å². The minimum Gasteiger partial charge on any atom is -0.461 e. The van der Waals surface area contributed by atoms with Gasteiger partial charge in [-0.05, 0) is 65.2 Å². The quantitative estimate of drug-likeness (QED) is 0.432. The molecule has 1 heterocycles. The standard InChI is InChI=1S/C24H29ClN2O4/c1-6-26-15(4)20(14(3)21(26)24(30)31-7-2)22(28)16(5)27(17-12-13-17)23(29)18-10-8-9-11-19(18)25/h8-11,16-17H,6-7,12-13H2,1-5H3/t16-/m0/s1. The Morgan fingerprint density at radius 3 is 2.39 bits per heavy atom. The highest BCUT2D eigenvalue weighted by atomic mass is 35.5. The summed E-state index contributed by atoms with van der Waals surface area (Å²) in [5, 5.41) is 0.367. The largest absolute Gasteiger partial charge is 0.461 e. The average molecular weight is 445 g/mol. The van der Waals surface area contributed by atoms with E-state index in [2.05, 4.69) is 0 Å². The Kier molecular flexibility index (Phi) is 6.90. The fourth-order valence-electron chi connectivity index (χ4n) is 4.24. The molecule has 0 saturated heterocycles. The van der Waals surface area contributed by atoms with Crippen molar-refractivity contribution in [2.24, 2.45) is 0 Å². The second-order valence-electron chi connectivity index (χ2n) is 7.86. The van der Waals surface area contributed by atoms with Gasteiger partial charge in [0.15, 0.2) is 5.78 Å². The van der Waals surface area contributed by atoms with Crippen molar-refractivity contribution in [2.45, 2.75) is 66.1 Å². The van der Waals surface area contributed by atoms with E-state index in [9.17, 15) is 14.4 Å². The van der Waals surface area contributed by atoms with Gasteiger partial charge in [-0.2, -0.15) is 0 Å². The third-order valence-corrected chi connectivity index (χ3v) is 6.20. The van der Waals surface area contributed by atoms with Crippen molar-refractivity contribution < 1.29 is 19.1 Å². The number of rotatable bonds is 8. The molecular formula is C24H29ClN2O4. The van der Waals surface area contributed by atoms with Crippen LogP contribution >= 0.6 is 11.6 Å². The third-order valence-electron chi connectivity index (χ3n) is 5.87. The SMILES string of the molecule is CCOC(=O)c1c(C)c(C(=O)[C@H](C)N(C(=O)c2ccccc2Cl)C2CC2)c(C)n1CC. The van der Waals surface area contributed by atoms with Crippen LogP contribution in [0.15, 0.2) is 24.3 Å². The van der Waals surface area contributed by atoms with Crippen LogP contribution in [0.5, 0.6) is 0 Å². The smallest absolute Gasteiger partial charge is 0.355 e. The summed E-state index contributed by atoms with van der Waals surface area (Å²) in [7, 11) is 0. The van der Waals surface area contributed by atoms with E-state index in [-0.39, 0.29) is 24.3 Å². The lowest BCUT2D eigenvalue weighted by Crippen LogP contribution is -2.45. The van der Waals surface area contributed by atoms with Gasteiger partial charge in [-0.25, -0.2) is 4.79 Å². The van der Waals surface area contributed by atoms with Crippen LogP contribution in [-0.4, -0.2) is 45.8 Å². The summed E-state index contributed by atoms with van der Waals surface area (Å²) in [5.74, 6) is -0.868. The van der Waals surface area contributed by atoms with Gasteiger partial charge in [-0.1, -0.05) is 23.7 Å². The van der Waals surface area contributed by atoms with Crippen LogP contribution in [0.4, 0.5) is 0 Å². The van der Waals surface area contributed by atoms with E-state index < -0.39 is 12.0 Å². The van der Waals surface area contributed by atoms with Crippen LogP contribution < -0.4 is 0 Å². The first-order valence-electron chi connectivity index (χ1n) is 10.7. The second-order valence-corrected chi connectivity index (χ2v) is 8.27. The van der Waals surface area contributed by atoms with E-state index in [0.717, 1.165) is 12.8 Å². The van der Waals surface area contributed by atoms with Crippen LogP contribution in [0, 0.1) is 13.8 Å². The number of ketones is 1. The maximum absolute atomic E-state index is 13.7. The molecule has 1 saturated carbocycles. The first kappa shape index (κ1) is 23.1. The number of benzene rings is 1. The van der Waals surface area contributed by atoms with Crippen molar-refractivity contribution in [3.05, 3.63) is 57.4 Å². The molecule has 7 heteroatoms. The van der Waals surface area contributed by atoms with Gasteiger partial charge in [0.05, 0.1) is 23.2 Å². The summed E-state index contributed by atoms with van der Waals surface area (Å²) in [6, 6.07) is 6.22. The zero-order valence-electron chi connectivity index (χ0n) is 18.7. The number of esters is 1. The van der Waals surface area contributed by atoms with Crippen LogP contribution in [0.25, 0.3) is 0 Å². The van der Waals surface area contributed by atoms with Gasteiger partial charge in [-0.3, -0.25) is 9.59 Å². The predicted molar refractivity (Wildman–Crippen MR) is 120 cm³/mol. The molecule has 0 unspecified atom stereocenters. The Balaban J connectivity index is 2.00. The highest BCUT2D eigenvalue weighted by Crippen LogP contribution is 2.34. The zero-order chi connectivity index (χ0) is 22.9. The fraction of sp³-hybridized carbons (Fsp3) is 0.458. The second kappa shape index (κ2) is 9.27. The molecule has 1 amide bonds. The van der Waals surface area contributed by atoms with Gasteiger partial charge in [0.1, 0.15) is 5.69 Å². The first-order chi connectivity index (χ1) is 14.7. The lowest BCUT2D eigenvalue weighted by molar-refractivity contribution is 0.0512. The fourth-order valence-corrected chi connectivity index (χ4v) is 4.45. The summed E-state index contributed by atoms with van der Waals surface area (Å²) < 4.78 is 7.02. The minimum atomic E-state index is -0.684. The lowest BCUT2D eigenvalue weighted by Gasteiger charge is -2.29. The van der Waals surface area contributed by atoms with E-state index in [1.54, 1.807) is 49.9 Å². The Morgan fingerprint density at radius 1 is 1.19 bits per heavy atom. The van der Waals surface area contributed by atoms with Gasteiger partial charge in [-0.15, -0.1) is 0 Å². The molecule has 31 heavy (non-hydrogen) atoms. The molecule has 1 aromatic heterocycles. The normalized spacial score (nSPS) is 14.3. The molecule has 0 radical (unpaired) electrons. The highest BCUT2D eigenvalue weighted by molar-refractivity contribution is 6.33. The molecule has 1 aromatic carbocycles. The Morgan fingerprint density at radius 2 is 1.84 bits per heavy atom. The van der Waals surface area contributed by atoms with Crippen LogP contribution in [0.3, 0.4) is 0 Å². The molecular weight excluding hydrogens is 416 g/mol. The van der Waals surface area contributed by atoms with Crippen molar-refractivity contribution in [1.82, 2.24) is 9.47 Å². The van der Waals surface area contributed by atoms with Crippen molar-refractivity contribution in [3.63, 3.8) is 0 Å². The average Bonchev–Trinajstić information content (AvgIpc) is 3.53. The predicted octanol–water partition coefficient (Wildman–Crippen LogP) is 4.83. The number of Topliss-reactive ketones (excluding diaryl/α,β-unsaturated/α-hetero) is 1. The van der Waals surface area contributed by atoms with E-state index in [1.807, 2.05) is 18.4 Å². The summed E-state index contributed by atoms with van der Waals surface area (Å²) >= 11 is 6.26.